The van der Waals surface area contributed by atoms with E-state index in [0.717, 1.165) is 9.13 Å². The molecule has 0 unspecified atom stereocenters. The van der Waals surface area contributed by atoms with E-state index in [1.165, 1.54) is 48.9 Å². The molecule has 0 radical (unpaired) electrons. The van der Waals surface area contributed by atoms with Gasteiger partial charge in [-0.3, -0.25) is 18.7 Å². The van der Waals surface area contributed by atoms with Crippen LogP contribution in [0.2, 0.25) is 0 Å². The van der Waals surface area contributed by atoms with Crippen molar-refractivity contribution in [2.75, 3.05) is 11.5 Å². The highest BCUT2D eigenvalue weighted by Gasteiger charge is 2.26. The summed E-state index contributed by atoms with van der Waals surface area (Å²) < 4.78 is 12.6. The molecule has 0 aliphatic carbocycles. The van der Waals surface area contributed by atoms with Crippen LogP contribution in [0.5, 0.6) is 0 Å². The van der Waals surface area contributed by atoms with E-state index in [9.17, 15) is 30.6 Å². The smallest absolute Gasteiger partial charge is 0.275 e. The Morgan fingerprint density at radius 3 is 1.20 bits per heavy atom. The first-order valence-electron chi connectivity index (χ1n) is 11.3. The van der Waals surface area contributed by atoms with Gasteiger partial charge in [0.1, 0.15) is 69.7 Å². The fourth-order valence-corrected chi connectivity index (χ4v) is 4.42. The van der Waals surface area contributed by atoms with Gasteiger partial charge in [-0.1, -0.05) is 0 Å². The third kappa shape index (κ3) is 3.59. The first-order valence-corrected chi connectivity index (χ1v) is 11.3. The molecular weight excluding hydrogens is 512 g/mol. The number of nitrogens with two attached hydrogens (primary N) is 2. The minimum atomic E-state index is -0.795. The minimum absolute atomic E-state index is 0.0191. The first kappa shape index (κ1) is 24.9. The van der Waals surface area contributed by atoms with Crippen molar-refractivity contribution in [2.24, 2.45) is 0 Å². The fraction of sp³-hybridized carbons (Fsp3) is 0. The number of nitriles is 4. The molecule has 12 nitrogen and oxygen atoms in total. The van der Waals surface area contributed by atoms with Crippen LogP contribution < -0.4 is 22.6 Å². The van der Waals surface area contributed by atoms with Gasteiger partial charge in [0, 0.05) is 0 Å². The second-order valence-corrected chi connectivity index (χ2v) is 8.22. The van der Waals surface area contributed by atoms with Gasteiger partial charge in [0.05, 0.1) is 35.0 Å². The molecule has 1 aromatic carbocycles. The van der Waals surface area contributed by atoms with Crippen molar-refractivity contribution in [3.05, 3.63) is 104 Å². The van der Waals surface area contributed by atoms with Gasteiger partial charge in [-0.15, -0.1) is 0 Å². The molecule has 0 saturated heterocycles. The Bertz CT molecular complexity index is 1940. The van der Waals surface area contributed by atoms with Gasteiger partial charge >= 0.3 is 0 Å². The fourth-order valence-electron chi connectivity index (χ4n) is 4.42. The number of hydrogen-bond donors (Lipinski definition) is 2. The average molecular weight is 526 g/mol. The summed E-state index contributed by atoms with van der Waals surface area (Å²) in [7, 11) is 0. The Morgan fingerprint density at radius 1 is 0.575 bits per heavy atom. The highest BCUT2D eigenvalue weighted by atomic mass is 16.3. The van der Waals surface area contributed by atoms with Crippen LogP contribution in [0.4, 0.5) is 11.6 Å². The van der Waals surface area contributed by atoms with E-state index >= 15 is 0 Å². The van der Waals surface area contributed by atoms with Crippen molar-refractivity contribution < 1.29 is 8.83 Å². The lowest BCUT2D eigenvalue weighted by Crippen LogP contribution is -2.27. The van der Waals surface area contributed by atoms with Gasteiger partial charge in [-0.25, -0.2) is 0 Å². The molecule has 0 aliphatic rings. The predicted molar refractivity (Wildman–Crippen MR) is 141 cm³/mol. The van der Waals surface area contributed by atoms with Crippen molar-refractivity contribution in [3.8, 4) is 58.3 Å². The number of pyridine rings is 2. The number of furan rings is 2. The molecule has 0 fully saturated rings. The normalized spacial score (nSPS) is 10.3. The Kier molecular flexibility index (Phi) is 5.98. The molecule has 0 saturated carbocycles. The molecule has 190 valence electrons. The monoisotopic (exact) mass is 526 g/mol. The third-order valence-corrected chi connectivity index (χ3v) is 6.18. The highest BCUT2D eigenvalue weighted by molar-refractivity contribution is 5.80. The first-order chi connectivity index (χ1) is 19.4. The lowest BCUT2D eigenvalue weighted by Gasteiger charge is -2.17. The highest BCUT2D eigenvalue weighted by Crippen LogP contribution is 2.32. The second-order valence-electron chi connectivity index (χ2n) is 8.22. The van der Waals surface area contributed by atoms with E-state index in [1.807, 2.05) is 24.3 Å². The predicted octanol–water partition coefficient (Wildman–Crippen LogP) is 3.16. The second kappa shape index (κ2) is 9.60. The summed E-state index contributed by atoms with van der Waals surface area (Å²) in [5.41, 5.74) is 10.2. The van der Waals surface area contributed by atoms with E-state index in [4.69, 9.17) is 20.3 Å². The Labute approximate surface area is 224 Å². The number of benzene rings is 1. The molecule has 12 heteroatoms. The van der Waals surface area contributed by atoms with Gasteiger partial charge in [0.2, 0.25) is 0 Å². The lowest BCUT2D eigenvalue weighted by atomic mass is 10.0. The molecule has 5 aromatic rings. The number of rotatable bonds is 4. The molecule has 0 aliphatic heterocycles. The van der Waals surface area contributed by atoms with Crippen LogP contribution >= 0.6 is 0 Å². The molecule has 4 N–H and O–H groups in total. The number of nitrogen functional groups attached to an aromatic ring is 2. The average Bonchev–Trinajstić information content (AvgIpc) is 3.68. The van der Waals surface area contributed by atoms with E-state index in [1.54, 1.807) is 12.1 Å². The Morgan fingerprint density at radius 2 is 0.925 bits per heavy atom. The molecule has 4 aromatic heterocycles. The molecule has 4 heterocycles. The van der Waals surface area contributed by atoms with Gasteiger partial charge in [0.15, 0.2) is 0 Å². The largest absolute Gasteiger partial charge is 0.464 e. The van der Waals surface area contributed by atoms with Crippen LogP contribution in [0.1, 0.15) is 22.3 Å². The number of aromatic nitrogens is 2. The summed E-state index contributed by atoms with van der Waals surface area (Å²) >= 11 is 0. The van der Waals surface area contributed by atoms with Gasteiger partial charge in [0.25, 0.3) is 11.1 Å². The number of anilines is 2. The molecular formula is C28H14N8O4. The summed E-state index contributed by atoms with van der Waals surface area (Å²) in [5.74, 6) is -0.199. The van der Waals surface area contributed by atoms with E-state index in [2.05, 4.69) is 0 Å². The van der Waals surface area contributed by atoms with E-state index in [0.29, 0.717) is 0 Å². The van der Waals surface area contributed by atoms with Crippen molar-refractivity contribution >= 4 is 11.6 Å². The molecule has 0 amide bonds. The van der Waals surface area contributed by atoms with Crippen molar-refractivity contribution in [3.63, 3.8) is 0 Å². The molecule has 40 heavy (non-hydrogen) atoms. The van der Waals surface area contributed by atoms with Crippen molar-refractivity contribution in [1.29, 1.82) is 21.0 Å². The van der Waals surface area contributed by atoms with Crippen LogP contribution in [0, 0.1) is 45.3 Å². The van der Waals surface area contributed by atoms with Crippen LogP contribution in [-0.4, -0.2) is 9.13 Å². The third-order valence-electron chi connectivity index (χ3n) is 6.18. The Balaban J connectivity index is 1.71. The SMILES string of the molecule is N#Cc1c(-c2ccco2)c(C#N)c(=O)n(-c2ccc(-n3c(N)c(C#N)c(-c4ccco4)c(C#N)c3=O)cc2)c1N. The van der Waals surface area contributed by atoms with Gasteiger partial charge < -0.3 is 20.3 Å². The number of nitrogens with zero attached hydrogens (tertiary/aromatic N) is 6. The molecule has 5 rings (SSSR count). The van der Waals surface area contributed by atoms with E-state index in [-0.39, 0.29) is 67.9 Å². The molecule has 0 spiro atoms. The van der Waals surface area contributed by atoms with Crippen LogP contribution in [0.25, 0.3) is 34.0 Å². The summed E-state index contributed by atoms with van der Waals surface area (Å²) in [5, 5.41) is 39.1. The summed E-state index contributed by atoms with van der Waals surface area (Å²) in [6.45, 7) is 0. The van der Waals surface area contributed by atoms with Crippen LogP contribution in [0.3, 0.4) is 0 Å². The van der Waals surface area contributed by atoms with Gasteiger partial charge in [-0.2, -0.15) is 21.0 Å². The maximum Gasteiger partial charge on any atom is 0.275 e. The van der Waals surface area contributed by atoms with Crippen molar-refractivity contribution in [1.82, 2.24) is 9.13 Å². The standard InChI is InChI=1S/C28H14N8O4/c29-11-17-23(21-3-1-9-39-21)19(13-31)27(37)35(25(17)33)15-5-7-16(8-6-15)36-26(34)18(12-30)24(20(14-32)28(36)38)22-4-2-10-40-22/h1-10H,33-34H2. The summed E-state index contributed by atoms with van der Waals surface area (Å²) in [6.07, 6.45) is 2.67. The summed E-state index contributed by atoms with van der Waals surface area (Å²) in [6, 6.07) is 19.2. The lowest BCUT2D eigenvalue weighted by molar-refractivity contribution is 0.581. The van der Waals surface area contributed by atoms with Gasteiger partial charge in [-0.05, 0) is 48.5 Å². The maximum atomic E-state index is 13.3. The van der Waals surface area contributed by atoms with Crippen LogP contribution in [0.15, 0.2) is 79.5 Å². The van der Waals surface area contributed by atoms with Crippen molar-refractivity contribution in [2.45, 2.75) is 0 Å². The summed E-state index contributed by atoms with van der Waals surface area (Å²) in [4.78, 5) is 26.7. The zero-order chi connectivity index (χ0) is 28.6. The topological polar surface area (TPSA) is 217 Å². The zero-order valence-electron chi connectivity index (χ0n) is 20.2. The zero-order valence-corrected chi connectivity index (χ0v) is 20.2. The maximum absolute atomic E-state index is 13.3. The quantitative estimate of drug-likeness (QED) is 0.348. The number of hydrogen-bond acceptors (Lipinski definition) is 10. The van der Waals surface area contributed by atoms with E-state index < -0.39 is 11.1 Å². The molecule has 0 bridgehead atoms. The van der Waals surface area contributed by atoms with Crippen LogP contribution in [-0.2, 0) is 0 Å². The Hall–Kier alpha value is -6.76. The minimum Gasteiger partial charge on any atom is -0.464 e. The molecule has 0 atom stereocenters.